The Hall–Kier alpha value is -2.97. The van der Waals surface area contributed by atoms with Crippen molar-refractivity contribution in [2.75, 3.05) is 25.5 Å². The van der Waals surface area contributed by atoms with Crippen molar-refractivity contribution in [2.24, 2.45) is 5.92 Å². The van der Waals surface area contributed by atoms with Gasteiger partial charge in [0.1, 0.15) is 11.4 Å². The van der Waals surface area contributed by atoms with Crippen LogP contribution in [0.2, 0.25) is 0 Å². The van der Waals surface area contributed by atoms with E-state index in [4.69, 9.17) is 4.74 Å². The normalized spacial score (nSPS) is 17.0. The zero-order valence-corrected chi connectivity index (χ0v) is 14.4. The Morgan fingerprint density at radius 1 is 1.44 bits per heavy atom. The summed E-state index contributed by atoms with van der Waals surface area (Å²) in [6.45, 7) is 4.75. The number of tetrazole rings is 1. The van der Waals surface area contributed by atoms with Crippen molar-refractivity contribution in [1.82, 2.24) is 25.1 Å². The quantitative estimate of drug-likeness (QED) is 0.860. The van der Waals surface area contributed by atoms with Crippen LogP contribution in [0.1, 0.15) is 19.2 Å². The molecule has 1 N–H and O–H groups in total. The highest BCUT2D eigenvalue weighted by Crippen LogP contribution is 2.27. The Morgan fingerprint density at radius 2 is 2.24 bits per heavy atom. The molecule has 132 valence electrons. The minimum Gasteiger partial charge on any atom is -0.494 e. The molecule has 1 aromatic heterocycles. The second kappa shape index (κ2) is 6.88. The molecule has 9 nitrogen and oxygen atoms in total. The fourth-order valence-electron chi connectivity index (χ4n) is 2.89. The molecule has 2 amide bonds. The van der Waals surface area contributed by atoms with Gasteiger partial charge in [0.05, 0.1) is 13.0 Å². The fourth-order valence-corrected chi connectivity index (χ4v) is 2.89. The lowest BCUT2D eigenvalue weighted by Crippen LogP contribution is -2.28. The summed E-state index contributed by atoms with van der Waals surface area (Å²) in [6, 6.07) is 5.23. The van der Waals surface area contributed by atoms with Crippen LogP contribution < -0.4 is 10.1 Å². The Bertz CT molecular complexity index is 803. The summed E-state index contributed by atoms with van der Waals surface area (Å²) in [4.78, 5) is 26.0. The van der Waals surface area contributed by atoms with Crippen LogP contribution in [0.25, 0.3) is 5.69 Å². The average Bonchev–Trinajstić information content (AvgIpc) is 3.20. The molecule has 1 atom stereocenters. The Balaban J connectivity index is 1.81. The first-order valence-electron chi connectivity index (χ1n) is 8.05. The molecular formula is C16H20N6O3. The molecule has 0 unspecified atom stereocenters. The van der Waals surface area contributed by atoms with E-state index in [1.807, 2.05) is 6.92 Å². The fraction of sp³-hybridized carbons (Fsp3) is 0.438. The first-order chi connectivity index (χ1) is 12.0. The van der Waals surface area contributed by atoms with E-state index < -0.39 is 0 Å². The SMILES string of the molecule is CCN1C[C@@H](C(=O)Nc2ccc(OC)c(-n3nnnc3C)c2)CC1=O. The molecule has 1 aliphatic rings. The van der Waals surface area contributed by atoms with Gasteiger partial charge in [0.15, 0.2) is 5.82 Å². The second-order valence-electron chi connectivity index (χ2n) is 5.85. The van der Waals surface area contributed by atoms with Crippen LogP contribution in [0.4, 0.5) is 5.69 Å². The molecule has 2 heterocycles. The summed E-state index contributed by atoms with van der Waals surface area (Å²) < 4.78 is 6.88. The molecule has 1 saturated heterocycles. The van der Waals surface area contributed by atoms with Crippen LogP contribution in [0.15, 0.2) is 18.2 Å². The van der Waals surface area contributed by atoms with Gasteiger partial charge in [-0.05, 0) is 42.5 Å². The number of hydrogen-bond donors (Lipinski definition) is 1. The molecule has 0 aliphatic carbocycles. The molecule has 9 heteroatoms. The highest BCUT2D eigenvalue weighted by molar-refractivity contribution is 5.97. The van der Waals surface area contributed by atoms with Crippen LogP contribution in [0.3, 0.4) is 0 Å². The molecule has 25 heavy (non-hydrogen) atoms. The number of nitrogens with one attached hydrogen (secondary N) is 1. The molecule has 1 aromatic carbocycles. The maximum absolute atomic E-state index is 12.5. The van der Waals surface area contributed by atoms with Gasteiger partial charge in [-0.25, -0.2) is 0 Å². The van der Waals surface area contributed by atoms with Gasteiger partial charge in [-0.1, -0.05) is 0 Å². The summed E-state index contributed by atoms with van der Waals surface area (Å²) in [5, 5.41) is 14.3. The van der Waals surface area contributed by atoms with Gasteiger partial charge in [0, 0.05) is 25.2 Å². The van der Waals surface area contributed by atoms with Crippen molar-refractivity contribution >= 4 is 17.5 Å². The average molecular weight is 344 g/mol. The smallest absolute Gasteiger partial charge is 0.229 e. The van der Waals surface area contributed by atoms with E-state index >= 15 is 0 Å². The number of aromatic nitrogens is 4. The number of benzene rings is 1. The third-order valence-electron chi connectivity index (χ3n) is 4.27. The number of nitrogens with zero attached hydrogens (tertiary/aromatic N) is 5. The van der Waals surface area contributed by atoms with E-state index in [-0.39, 0.29) is 24.2 Å². The zero-order chi connectivity index (χ0) is 18.0. The van der Waals surface area contributed by atoms with Crippen molar-refractivity contribution in [2.45, 2.75) is 20.3 Å². The highest BCUT2D eigenvalue weighted by atomic mass is 16.5. The van der Waals surface area contributed by atoms with Crippen LogP contribution in [-0.2, 0) is 9.59 Å². The topological polar surface area (TPSA) is 102 Å². The molecule has 0 spiro atoms. The summed E-state index contributed by atoms with van der Waals surface area (Å²) in [7, 11) is 1.56. The number of likely N-dealkylation sites (tertiary alicyclic amines) is 1. The van der Waals surface area contributed by atoms with Gasteiger partial charge in [0.2, 0.25) is 11.8 Å². The molecule has 2 aromatic rings. The Kier molecular flexibility index (Phi) is 4.64. The number of methoxy groups -OCH3 is 1. The first kappa shape index (κ1) is 16.9. The van der Waals surface area contributed by atoms with Gasteiger partial charge >= 0.3 is 0 Å². The summed E-state index contributed by atoms with van der Waals surface area (Å²) in [5.41, 5.74) is 1.22. The van der Waals surface area contributed by atoms with Crippen molar-refractivity contribution in [1.29, 1.82) is 0 Å². The van der Waals surface area contributed by atoms with Crippen LogP contribution >= 0.6 is 0 Å². The van der Waals surface area contributed by atoms with Gasteiger partial charge in [0.25, 0.3) is 0 Å². The minimum atomic E-state index is -0.340. The molecule has 0 radical (unpaired) electrons. The van der Waals surface area contributed by atoms with E-state index in [0.717, 1.165) is 0 Å². The Labute approximate surface area is 144 Å². The number of aryl methyl sites for hydroxylation is 1. The third kappa shape index (κ3) is 3.30. The van der Waals surface area contributed by atoms with Gasteiger partial charge in [-0.3, -0.25) is 9.59 Å². The molecule has 1 fully saturated rings. The molecule has 0 bridgehead atoms. The number of carbonyl (C=O) groups excluding carboxylic acids is 2. The minimum absolute atomic E-state index is 0.0161. The standard InChI is InChI=1S/C16H20N6O3/c1-4-21-9-11(7-15(21)23)16(24)17-12-5-6-14(25-3)13(8-12)22-10(2)18-19-20-22/h5-6,8,11H,4,7,9H2,1-3H3,(H,17,24)/t11-/m0/s1. The van der Waals surface area contributed by atoms with Crippen LogP contribution in [0.5, 0.6) is 5.75 Å². The highest BCUT2D eigenvalue weighted by Gasteiger charge is 2.33. The third-order valence-corrected chi connectivity index (χ3v) is 4.27. The zero-order valence-electron chi connectivity index (χ0n) is 14.4. The lowest BCUT2D eigenvalue weighted by atomic mass is 10.1. The predicted octanol–water partition coefficient (Wildman–Crippen LogP) is 0.786. The summed E-state index contributed by atoms with van der Waals surface area (Å²) in [5.74, 6) is 0.687. The van der Waals surface area contributed by atoms with Crippen molar-refractivity contribution in [3.05, 3.63) is 24.0 Å². The van der Waals surface area contributed by atoms with Gasteiger partial charge in [-0.15, -0.1) is 5.10 Å². The van der Waals surface area contributed by atoms with Crippen LogP contribution in [0, 0.1) is 12.8 Å². The van der Waals surface area contributed by atoms with Crippen LogP contribution in [-0.4, -0.2) is 57.1 Å². The van der Waals surface area contributed by atoms with Gasteiger partial charge < -0.3 is 15.0 Å². The second-order valence-corrected chi connectivity index (χ2v) is 5.85. The maximum Gasteiger partial charge on any atom is 0.229 e. The Morgan fingerprint density at radius 3 is 2.84 bits per heavy atom. The van der Waals surface area contributed by atoms with Crippen molar-refractivity contribution in [3.63, 3.8) is 0 Å². The predicted molar refractivity (Wildman–Crippen MR) is 89.4 cm³/mol. The largest absolute Gasteiger partial charge is 0.494 e. The van der Waals surface area contributed by atoms with E-state index in [1.54, 1.807) is 37.1 Å². The van der Waals surface area contributed by atoms with E-state index in [9.17, 15) is 9.59 Å². The molecule has 0 saturated carbocycles. The van der Waals surface area contributed by atoms with E-state index in [1.165, 1.54) is 4.68 Å². The monoisotopic (exact) mass is 344 g/mol. The number of ether oxygens (including phenoxy) is 1. The summed E-state index contributed by atoms with van der Waals surface area (Å²) in [6.07, 6.45) is 0.245. The molecule has 3 rings (SSSR count). The molecular weight excluding hydrogens is 324 g/mol. The number of amides is 2. The van der Waals surface area contributed by atoms with Crippen molar-refractivity contribution in [3.8, 4) is 11.4 Å². The van der Waals surface area contributed by atoms with Crippen molar-refractivity contribution < 1.29 is 14.3 Å². The number of anilines is 1. The van der Waals surface area contributed by atoms with Gasteiger partial charge in [-0.2, -0.15) is 4.68 Å². The van der Waals surface area contributed by atoms with E-state index in [2.05, 4.69) is 20.8 Å². The summed E-state index contributed by atoms with van der Waals surface area (Å²) >= 11 is 0. The lowest BCUT2D eigenvalue weighted by molar-refractivity contribution is -0.128. The first-order valence-corrected chi connectivity index (χ1v) is 8.05. The maximum atomic E-state index is 12.5. The molecule has 1 aliphatic heterocycles. The number of rotatable bonds is 5. The number of hydrogen-bond acceptors (Lipinski definition) is 6. The van der Waals surface area contributed by atoms with E-state index in [0.29, 0.717) is 36.0 Å². The lowest BCUT2D eigenvalue weighted by Gasteiger charge is -2.15. The number of carbonyl (C=O) groups is 2.